The van der Waals surface area contributed by atoms with E-state index in [4.69, 9.17) is 5.11 Å². The van der Waals surface area contributed by atoms with Crippen LogP contribution in [-0.2, 0) is 10.0 Å². The summed E-state index contributed by atoms with van der Waals surface area (Å²) in [6.07, 6.45) is 2.05. The van der Waals surface area contributed by atoms with Crippen LogP contribution in [0.4, 0.5) is 8.78 Å². The number of halogens is 2. The van der Waals surface area contributed by atoms with Crippen molar-refractivity contribution < 1.29 is 22.3 Å². The lowest BCUT2D eigenvalue weighted by atomic mass is 10.0. The van der Waals surface area contributed by atoms with Gasteiger partial charge in [0.2, 0.25) is 10.0 Å². The lowest BCUT2D eigenvalue weighted by molar-refractivity contribution is 0.251. The van der Waals surface area contributed by atoms with Gasteiger partial charge in [0.15, 0.2) is 11.6 Å². The third kappa shape index (κ3) is 4.50. The van der Waals surface area contributed by atoms with Crippen LogP contribution in [-0.4, -0.2) is 26.7 Å². The molecule has 114 valence electrons. The molecule has 1 aromatic rings. The van der Waals surface area contributed by atoms with Crippen LogP contribution < -0.4 is 4.72 Å². The van der Waals surface area contributed by atoms with E-state index in [0.29, 0.717) is 6.42 Å². The standard InChI is InChI=1S/C13H19F2NO3S/c1-2-4-10(7-8-17)9-16-20(18,19)12-6-3-5-11(14)13(12)15/h3,5-6,10,16-17H,2,4,7-9H2,1H3. The highest BCUT2D eigenvalue weighted by atomic mass is 32.2. The molecule has 1 unspecified atom stereocenters. The maximum atomic E-state index is 13.5. The first kappa shape index (κ1) is 17.0. The van der Waals surface area contributed by atoms with Crippen molar-refractivity contribution in [1.29, 1.82) is 0 Å². The van der Waals surface area contributed by atoms with Gasteiger partial charge in [0.1, 0.15) is 4.90 Å². The number of hydrogen-bond acceptors (Lipinski definition) is 3. The molecule has 0 fully saturated rings. The molecule has 0 heterocycles. The first-order chi connectivity index (χ1) is 9.42. The Labute approximate surface area is 117 Å². The lowest BCUT2D eigenvalue weighted by Gasteiger charge is -2.16. The highest BCUT2D eigenvalue weighted by Crippen LogP contribution is 2.17. The topological polar surface area (TPSA) is 66.4 Å². The summed E-state index contributed by atoms with van der Waals surface area (Å²) < 4.78 is 52.7. The third-order valence-electron chi connectivity index (χ3n) is 3.00. The van der Waals surface area contributed by atoms with Crippen LogP contribution in [0.3, 0.4) is 0 Å². The van der Waals surface area contributed by atoms with E-state index in [2.05, 4.69) is 4.72 Å². The summed E-state index contributed by atoms with van der Waals surface area (Å²) in [6, 6.07) is 3.02. The Morgan fingerprint density at radius 2 is 2.00 bits per heavy atom. The summed E-state index contributed by atoms with van der Waals surface area (Å²) in [5.41, 5.74) is 0. The molecule has 1 rings (SSSR count). The number of benzene rings is 1. The number of hydrogen-bond donors (Lipinski definition) is 2. The van der Waals surface area contributed by atoms with Gasteiger partial charge in [-0.15, -0.1) is 0 Å². The van der Waals surface area contributed by atoms with E-state index in [9.17, 15) is 17.2 Å². The summed E-state index contributed by atoms with van der Waals surface area (Å²) in [7, 11) is -4.09. The van der Waals surface area contributed by atoms with E-state index in [1.165, 1.54) is 0 Å². The number of sulfonamides is 1. The van der Waals surface area contributed by atoms with Crippen molar-refractivity contribution in [1.82, 2.24) is 4.72 Å². The fraction of sp³-hybridized carbons (Fsp3) is 0.538. The smallest absolute Gasteiger partial charge is 0.243 e. The minimum atomic E-state index is -4.09. The maximum absolute atomic E-state index is 13.5. The average Bonchev–Trinajstić information content (AvgIpc) is 2.39. The van der Waals surface area contributed by atoms with Gasteiger partial charge >= 0.3 is 0 Å². The zero-order valence-corrected chi connectivity index (χ0v) is 12.1. The predicted octanol–water partition coefficient (Wildman–Crippen LogP) is 2.04. The molecule has 0 aliphatic rings. The fourth-order valence-electron chi connectivity index (χ4n) is 1.94. The first-order valence-electron chi connectivity index (χ1n) is 6.47. The SMILES string of the molecule is CCCC(CCO)CNS(=O)(=O)c1cccc(F)c1F. The van der Waals surface area contributed by atoms with Crippen LogP contribution in [0.5, 0.6) is 0 Å². The molecule has 1 atom stereocenters. The molecule has 0 aliphatic carbocycles. The van der Waals surface area contributed by atoms with Gasteiger partial charge in [-0.05, 0) is 30.9 Å². The van der Waals surface area contributed by atoms with Crippen molar-refractivity contribution in [3.63, 3.8) is 0 Å². The Kier molecular flexibility index (Phi) is 6.51. The van der Waals surface area contributed by atoms with Crippen molar-refractivity contribution in [2.24, 2.45) is 5.92 Å². The van der Waals surface area contributed by atoms with Crippen molar-refractivity contribution >= 4 is 10.0 Å². The normalized spacial score (nSPS) is 13.4. The molecule has 7 heteroatoms. The van der Waals surface area contributed by atoms with Crippen molar-refractivity contribution in [2.75, 3.05) is 13.2 Å². The van der Waals surface area contributed by atoms with Crippen LogP contribution in [0.1, 0.15) is 26.2 Å². The Morgan fingerprint density at radius 1 is 1.30 bits per heavy atom. The molecule has 1 aromatic carbocycles. The van der Waals surface area contributed by atoms with Gasteiger partial charge in [0.05, 0.1) is 0 Å². The van der Waals surface area contributed by atoms with Crippen molar-refractivity contribution in [3.05, 3.63) is 29.8 Å². The molecular weight excluding hydrogens is 288 g/mol. The van der Waals surface area contributed by atoms with Gasteiger partial charge in [-0.2, -0.15) is 0 Å². The number of aliphatic hydroxyl groups is 1. The van der Waals surface area contributed by atoms with E-state index in [-0.39, 0.29) is 19.1 Å². The van der Waals surface area contributed by atoms with Gasteiger partial charge in [-0.25, -0.2) is 21.9 Å². The van der Waals surface area contributed by atoms with Crippen LogP contribution >= 0.6 is 0 Å². The van der Waals surface area contributed by atoms with E-state index in [1.807, 2.05) is 6.92 Å². The zero-order valence-electron chi connectivity index (χ0n) is 11.3. The van der Waals surface area contributed by atoms with Crippen molar-refractivity contribution in [2.45, 2.75) is 31.1 Å². The molecular formula is C13H19F2NO3S. The molecule has 0 radical (unpaired) electrons. The largest absolute Gasteiger partial charge is 0.396 e. The Hall–Kier alpha value is -1.05. The highest BCUT2D eigenvalue weighted by Gasteiger charge is 2.22. The van der Waals surface area contributed by atoms with E-state index >= 15 is 0 Å². The minimum Gasteiger partial charge on any atom is -0.396 e. The molecule has 0 spiro atoms. The summed E-state index contributed by atoms with van der Waals surface area (Å²) >= 11 is 0. The minimum absolute atomic E-state index is 0.0311. The zero-order chi connectivity index (χ0) is 15.2. The Morgan fingerprint density at radius 3 is 2.60 bits per heavy atom. The van der Waals surface area contributed by atoms with E-state index in [1.54, 1.807) is 0 Å². The van der Waals surface area contributed by atoms with Crippen LogP contribution in [0.15, 0.2) is 23.1 Å². The van der Waals surface area contributed by atoms with Gasteiger partial charge in [0, 0.05) is 13.2 Å². The average molecular weight is 307 g/mol. The fourth-order valence-corrected chi connectivity index (χ4v) is 3.14. The molecule has 0 aromatic heterocycles. The van der Waals surface area contributed by atoms with Gasteiger partial charge < -0.3 is 5.11 Å². The Bertz CT molecular complexity index is 528. The monoisotopic (exact) mass is 307 g/mol. The summed E-state index contributed by atoms with van der Waals surface area (Å²) in [5.74, 6) is -2.61. The second kappa shape index (κ2) is 7.66. The van der Waals surface area contributed by atoms with Gasteiger partial charge in [-0.3, -0.25) is 0 Å². The second-order valence-corrected chi connectivity index (χ2v) is 6.31. The van der Waals surface area contributed by atoms with Crippen LogP contribution in [0.2, 0.25) is 0 Å². The molecule has 0 amide bonds. The van der Waals surface area contributed by atoms with Crippen molar-refractivity contribution in [3.8, 4) is 0 Å². The number of rotatable bonds is 8. The highest BCUT2D eigenvalue weighted by molar-refractivity contribution is 7.89. The summed E-state index contributed by atoms with van der Waals surface area (Å²) in [5, 5.41) is 8.90. The quantitative estimate of drug-likeness (QED) is 0.772. The number of aliphatic hydroxyl groups excluding tert-OH is 1. The Balaban J connectivity index is 2.81. The van der Waals surface area contributed by atoms with E-state index < -0.39 is 26.6 Å². The summed E-state index contributed by atoms with van der Waals surface area (Å²) in [4.78, 5) is -0.697. The predicted molar refractivity (Wildman–Crippen MR) is 71.6 cm³/mol. The number of nitrogens with one attached hydrogen (secondary N) is 1. The summed E-state index contributed by atoms with van der Waals surface area (Å²) in [6.45, 7) is 2.00. The molecule has 20 heavy (non-hydrogen) atoms. The van der Waals surface area contributed by atoms with Gasteiger partial charge in [0.25, 0.3) is 0 Å². The lowest BCUT2D eigenvalue weighted by Crippen LogP contribution is -2.30. The van der Waals surface area contributed by atoms with Crippen LogP contribution in [0.25, 0.3) is 0 Å². The molecule has 2 N–H and O–H groups in total. The molecule has 0 bridgehead atoms. The van der Waals surface area contributed by atoms with Gasteiger partial charge in [-0.1, -0.05) is 19.4 Å². The second-order valence-electron chi connectivity index (χ2n) is 4.57. The third-order valence-corrected chi connectivity index (χ3v) is 4.44. The first-order valence-corrected chi connectivity index (χ1v) is 7.95. The van der Waals surface area contributed by atoms with E-state index in [0.717, 1.165) is 31.0 Å². The molecule has 0 saturated carbocycles. The molecule has 4 nitrogen and oxygen atoms in total. The molecule has 0 saturated heterocycles. The van der Waals surface area contributed by atoms with Crippen LogP contribution in [0, 0.1) is 17.6 Å². The maximum Gasteiger partial charge on any atom is 0.243 e. The molecule has 0 aliphatic heterocycles.